The Morgan fingerprint density at radius 2 is 1.85 bits per heavy atom. The van der Waals surface area contributed by atoms with Gasteiger partial charge in [-0.05, 0) is 11.6 Å². The van der Waals surface area contributed by atoms with E-state index in [9.17, 15) is 13.2 Å². The van der Waals surface area contributed by atoms with Crippen LogP contribution in [0.2, 0.25) is 0 Å². The quantitative estimate of drug-likeness (QED) is 0.664. The standard InChI is InChI=1S/C9H7F3N/c10-9(11,12)8(6-13-8)7-4-2-1-3-5-7/h2-5,13H,6H2. The lowest BCUT2D eigenvalue weighted by Crippen LogP contribution is -2.33. The van der Waals surface area contributed by atoms with Gasteiger partial charge in [0.1, 0.15) is 0 Å². The maximum Gasteiger partial charge on any atom is 0.412 e. The van der Waals surface area contributed by atoms with Crippen LogP contribution in [0.1, 0.15) is 5.56 Å². The zero-order chi connectivity index (χ0) is 9.53. The highest BCUT2D eigenvalue weighted by Crippen LogP contribution is 2.45. The molecule has 1 aromatic rings. The van der Waals surface area contributed by atoms with E-state index in [1.165, 1.54) is 24.3 Å². The van der Waals surface area contributed by atoms with Crippen molar-refractivity contribution in [1.82, 2.24) is 5.32 Å². The molecule has 0 saturated carbocycles. The molecule has 1 heterocycles. The van der Waals surface area contributed by atoms with Gasteiger partial charge in [-0.3, -0.25) is 5.32 Å². The van der Waals surface area contributed by atoms with Crippen LogP contribution in [0.5, 0.6) is 0 Å². The zero-order valence-corrected chi connectivity index (χ0v) is 6.65. The molecule has 1 saturated heterocycles. The summed E-state index contributed by atoms with van der Waals surface area (Å²) in [5, 5.41) is 2.37. The Morgan fingerprint density at radius 3 is 2.23 bits per heavy atom. The predicted octanol–water partition coefficient (Wildman–Crippen LogP) is 1.85. The molecule has 1 unspecified atom stereocenters. The highest BCUT2D eigenvalue weighted by atomic mass is 19.4. The molecule has 1 aromatic carbocycles. The summed E-state index contributed by atoms with van der Waals surface area (Å²) in [5.74, 6) is 0. The molecule has 13 heavy (non-hydrogen) atoms. The van der Waals surface area contributed by atoms with E-state index in [0.717, 1.165) is 0 Å². The first kappa shape index (κ1) is 8.56. The fourth-order valence-corrected chi connectivity index (χ4v) is 1.33. The first-order chi connectivity index (χ1) is 6.06. The van der Waals surface area contributed by atoms with Gasteiger partial charge in [0.25, 0.3) is 0 Å². The van der Waals surface area contributed by atoms with E-state index in [1.807, 2.05) is 0 Å². The average molecular weight is 186 g/mol. The van der Waals surface area contributed by atoms with E-state index in [-0.39, 0.29) is 12.1 Å². The van der Waals surface area contributed by atoms with E-state index in [4.69, 9.17) is 0 Å². The van der Waals surface area contributed by atoms with E-state index in [0.29, 0.717) is 0 Å². The molecule has 1 atom stereocenters. The second-order valence-electron chi connectivity index (χ2n) is 3.05. The monoisotopic (exact) mass is 186 g/mol. The summed E-state index contributed by atoms with van der Waals surface area (Å²) in [5.41, 5.74) is -1.53. The van der Waals surface area contributed by atoms with Crippen molar-refractivity contribution in [2.45, 2.75) is 11.7 Å². The predicted molar refractivity (Wildman–Crippen MR) is 41.0 cm³/mol. The average Bonchev–Trinajstić information content (AvgIpc) is 2.84. The van der Waals surface area contributed by atoms with Crippen molar-refractivity contribution in [3.05, 3.63) is 35.9 Å². The topological polar surface area (TPSA) is 21.9 Å². The van der Waals surface area contributed by atoms with Crippen LogP contribution in [-0.4, -0.2) is 12.7 Å². The number of alkyl halides is 3. The van der Waals surface area contributed by atoms with Gasteiger partial charge in [0.05, 0.1) is 0 Å². The lowest BCUT2D eigenvalue weighted by molar-refractivity contribution is -0.161. The highest BCUT2D eigenvalue weighted by Gasteiger charge is 2.64. The summed E-state index contributed by atoms with van der Waals surface area (Å²) in [6.07, 6.45) is -4.21. The molecule has 1 N–H and O–H groups in total. The van der Waals surface area contributed by atoms with Crippen molar-refractivity contribution < 1.29 is 13.2 Å². The van der Waals surface area contributed by atoms with Crippen molar-refractivity contribution >= 4 is 0 Å². The summed E-state index contributed by atoms with van der Waals surface area (Å²) in [7, 11) is 0. The third kappa shape index (κ3) is 1.21. The zero-order valence-electron chi connectivity index (χ0n) is 6.65. The Labute approximate surface area is 73.6 Å². The van der Waals surface area contributed by atoms with Crippen molar-refractivity contribution in [2.24, 2.45) is 0 Å². The molecule has 1 fully saturated rings. The third-order valence-electron chi connectivity index (χ3n) is 2.23. The molecule has 1 nitrogen and oxygen atoms in total. The molecule has 4 heteroatoms. The maximum atomic E-state index is 12.5. The lowest BCUT2D eigenvalue weighted by atomic mass is 9.99. The number of hydrogen-bond donors (Lipinski definition) is 1. The molecule has 69 valence electrons. The van der Waals surface area contributed by atoms with Gasteiger partial charge in [-0.15, -0.1) is 0 Å². The van der Waals surface area contributed by atoms with Crippen LogP contribution < -0.4 is 5.32 Å². The van der Waals surface area contributed by atoms with Crippen molar-refractivity contribution in [3.63, 3.8) is 0 Å². The molecule has 0 spiro atoms. The molecule has 0 bridgehead atoms. The minimum absolute atomic E-state index is 0.0273. The van der Waals surface area contributed by atoms with Crippen LogP contribution in [0.3, 0.4) is 0 Å². The maximum absolute atomic E-state index is 12.5. The second kappa shape index (κ2) is 2.48. The summed E-state index contributed by atoms with van der Waals surface area (Å²) >= 11 is 0. The van der Waals surface area contributed by atoms with Gasteiger partial charge in [0.2, 0.25) is 0 Å². The Kier molecular flexibility index (Phi) is 1.63. The lowest BCUT2D eigenvalue weighted by Gasteiger charge is -2.17. The van der Waals surface area contributed by atoms with Gasteiger partial charge in [0, 0.05) is 6.54 Å². The fourth-order valence-electron chi connectivity index (χ4n) is 1.33. The van der Waals surface area contributed by atoms with Crippen LogP contribution in [-0.2, 0) is 5.54 Å². The molecule has 0 aromatic heterocycles. The Hall–Kier alpha value is -1.03. The summed E-state index contributed by atoms with van der Waals surface area (Å²) in [6.45, 7) is -0.0273. The Balaban J connectivity index is 2.37. The molecule has 0 aliphatic carbocycles. The van der Waals surface area contributed by atoms with Crippen LogP contribution >= 0.6 is 0 Å². The van der Waals surface area contributed by atoms with Gasteiger partial charge in [-0.25, -0.2) is 0 Å². The van der Waals surface area contributed by atoms with Crippen LogP contribution in [0.25, 0.3) is 0 Å². The van der Waals surface area contributed by atoms with Crippen molar-refractivity contribution in [3.8, 4) is 0 Å². The first-order valence-corrected chi connectivity index (χ1v) is 3.85. The van der Waals surface area contributed by atoms with E-state index < -0.39 is 11.7 Å². The van der Waals surface area contributed by atoms with Crippen LogP contribution in [0.4, 0.5) is 13.2 Å². The van der Waals surface area contributed by atoms with Gasteiger partial charge in [-0.1, -0.05) is 24.3 Å². The Morgan fingerprint density at radius 1 is 1.31 bits per heavy atom. The van der Waals surface area contributed by atoms with E-state index in [1.54, 1.807) is 0 Å². The summed E-state index contributed by atoms with van der Waals surface area (Å²) in [6, 6.07) is 8.54. The van der Waals surface area contributed by atoms with Crippen molar-refractivity contribution in [1.29, 1.82) is 0 Å². The molecular weight excluding hydrogens is 179 g/mol. The Bertz CT molecular complexity index is 300. The third-order valence-corrected chi connectivity index (χ3v) is 2.23. The van der Waals surface area contributed by atoms with Gasteiger partial charge in [0.15, 0.2) is 5.54 Å². The summed E-state index contributed by atoms with van der Waals surface area (Å²) < 4.78 is 37.5. The number of hydrogen-bond acceptors (Lipinski definition) is 1. The van der Waals surface area contributed by atoms with Crippen LogP contribution in [0.15, 0.2) is 24.3 Å². The normalized spacial score (nSPS) is 27.3. The number of halogens is 3. The number of benzene rings is 1. The van der Waals surface area contributed by atoms with E-state index in [2.05, 4.69) is 11.4 Å². The minimum atomic E-state index is -4.21. The molecule has 0 amide bonds. The van der Waals surface area contributed by atoms with Crippen LogP contribution in [0, 0.1) is 6.07 Å². The SMILES string of the molecule is FC(F)(F)C1(c2cc[c]cc2)CN1. The molecule has 2 rings (SSSR count). The number of rotatable bonds is 1. The van der Waals surface area contributed by atoms with Gasteiger partial charge < -0.3 is 0 Å². The van der Waals surface area contributed by atoms with Gasteiger partial charge >= 0.3 is 6.18 Å². The highest BCUT2D eigenvalue weighted by molar-refractivity contribution is 5.32. The molecular formula is C9H7F3N. The van der Waals surface area contributed by atoms with Crippen molar-refractivity contribution in [2.75, 3.05) is 6.54 Å². The fraction of sp³-hybridized carbons (Fsp3) is 0.333. The molecule has 1 radical (unpaired) electrons. The van der Waals surface area contributed by atoms with Gasteiger partial charge in [-0.2, -0.15) is 13.2 Å². The second-order valence-corrected chi connectivity index (χ2v) is 3.05. The largest absolute Gasteiger partial charge is 0.412 e. The number of nitrogens with one attached hydrogen (secondary N) is 1. The van der Waals surface area contributed by atoms with E-state index >= 15 is 0 Å². The molecule has 1 aliphatic rings. The minimum Gasteiger partial charge on any atom is -0.296 e. The molecule has 1 aliphatic heterocycles. The smallest absolute Gasteiger partial charge is 0.296 e. The first-order valence-electron chi connectivity index (χ1n) is 3.85. The summed E-state index contributed by atoms with van der Waals surface area (Å²) in [4.78, 5) is 0.